The first-order chi connectivity index (χ1) is 11.2. The molecule has 3 nitrogen and oxygen atoms in total. The van der Waals surface area contributed by atoms with Crippen LogP contribution in [0.1, 0.15) is 29.2 Å². The van der Waals surface area contributed by atoms with E-state index in [-0.39, 0.29) is 24.0 Å². The normalized spacial score (nSPS) is 13.5. The van der Waals surface area contributed by atoms with E-state index in [1.54, 1.807) is 0 Å². The lowest BCUT2D eigenvalue weighted by atomic mass is 10.1. The van der Waals surface area contributed by atoms with Crippen LogP contribution in [-0.2, 0) is 22.4 Å². The quantitative estimate of drug-likeness (QED) is 0.719. The number of hydrogen-bond acceptors (Lipinski definition) is 3. The predicted molar refractivity (Wildman–Crippen MR) is 95.6 cm³/mol. The first-order valence-electron chi connectivity index (χ1n) is 7.88. The summed E-state index contributed by atoms with van der Waals surface area (Å²) >= 11 is -1.08. The molecule has 0 saturated carbocycles. The minimum absolute atomic E-state index is 0.00451. The van der Waals surface area contributed by atoms with Gasteiger partial charge in [0.05, 0.1) is 13.0 Å². The maximum Gasteiger partial charge on any atom is 0.151 e. The second-order valence-corrected chi connectivity index (χ2v) is 7.26. The molecule has 2 aromatic rings. The highest BCUT2D eigenvalue weighted by molar-refractivity contribution is 7.91. The molecule has 0 fully saturated rings. The van der Waals surface area contributed by atoms with Crippen molar-refractivity contribution in [1.29, 1.82) is 0 Å². The minimum Gasteiger partial charge on any atom is -0.616 e. The lowest BCUT2D eigenvalue weighted by Gasteiger charge is -2.21. The van der Waals surface area contributed by atoms with Gasteiger partial charge in [-0.2, -0.15) is 0 Å². The van der Waals surface area contributed by atoms with Gasteiger partial charge in [-0.05, 0) is 29.6 Å². The Kier molecular flexibility index (Phi) is 7.33. The summed E-state index contributed by atoms with van der Waals surface area (Å²) in [5, 5.41) is -0.261. The van der Waals surface area contributed by atoms with Crippen LogP contribution < -0.4 is 5.73 Å². The standard InChI is InChI=1S/C19H23NO2S/c20-15-18(21)14-19(17-11-5-2-6-12-17)23(22)13-7-10-16-8-3-1-4-9-16/h1-6,8-9,11-12,19H,7,10,13-15,20H2. The van der Waals surface area contributed by atoms with Crippen molar-refractivity contribution in [2.24, 2.45) is 5.73 Å². The molecule has 2 unspecified atom stereocenters. The molecule has 2 aromatic carbocycles. The minimum atomic E-state index is -1.08. The average molecular weight is 329 g/mol. The van der Waals surface area contributed by atoms with Crippen LogP contribution in [0, 0.1) is 0 Å². The summed E-state index contributed by atoms with van der Waals surface area (Å²) < 4.78 is 12.7. The van der Waals surface area contributed by atoms with Gasteiger partial charge in [0.1, 0.15) is 11.0 Å². The van der Waals surface area contributed by atoms with Crippen LogP contribution in [0.3, 0.4) is 0 Å². The molecule has 0 aliphatic heterocycles. The zero-order valence-corrected chi connectivity index (χ0v) is 14.0. The van der Waals surface area contributed by atoms with Crippen molar-refractivity contribution in [2.75, 3.05) is 12.3 Å². The van der Waals surface area contributed by atoms with Crippen LogP contribution in [0.2, 0.25) is 0 Å². The van der Waals surface area contributed by atoms with E-state index < -0.39 is 11.2 Å². The Bertz CT molecular complexity index is 589. The fourth-order valence-electron chi connectivity index (χ4n) is 2.53. The molecule has 0 spiro atoms. The van der Waals surface area contributed by atoms with Gasteiger partial charge in [0.2, 0.25) is 0 Å². The van der Waals surface area contributed by atoms with Crippen molar-refractivity contribution < 1.29 is 9.35 Å². The fraction of sp³-hybridized carbons (Fsp3) is 0.316. The molecular weight excluding hydrogens is 306 g/mol. The fourth-order valence-corrected chi connectivity index (χ4v) is 4.07. The van der Waals surface area contributed by atoms with Crippen LogP contribution >= 0.6 is 0 Å². The highest BCUT2D eigenvalue weighted by atomic mass is 32.2. The molecule has 0 saturated heterocycles. The third kappa shape index (κ3) is 5.82. The number of benzene rings is 2. The summed E-state index contributed by atoms with van der Waals surface area (Å²) in [6.07, 6.45) is 1.99. The van der Waals surface area contributed by atoms with Gasteiger partial charge >= 0.3 is 0 Å². The summed E-state index contributed by atoms with van der Waals surface area (Å²) in [6.45, 7) is 0.00451. The summed E-state index contributed by atoms with van der Waals surface area (Å²) in [5.74, 6) is 0.544. The van der Waals surface area contributed by atoms with E-state index in [1.165, 1.54) is 5.56 Å². The van der Waals surface area contributed by atoms with Gasteiger partial charge in [0.25, 0.3) is 0 Å². The summed E-state index contributed by atoms with van der Waals surface area (Å²) in [6, 6.07) is 19.8. The van der Waals surface area contributed by atoms with Crippen LogP contribution in [0.5, 0.6) is 0 Å². The molecule has 0 radical (unpaired) electrons. The van der Waals surface area contributed by atoms with Crippen molar-refractivity contribution in [3.8, 4) is 0 Å². The van der Waals surface area contributed by atoms with Crippen LogP contribution in [0.15, 0.2) is 60.7 Å². The number of rotatable bonds is 9. The lowest BCUT2D eigenvalue weighted by Crippen LogP contribution is -2.23. The Morgan fingerprint density at radius 3 is 2.26 bits per heavy atom. The Morgan fingerprint density at radius 1 is 1.04 bits per heavy atom. The zero-order valence-electron chi connectivity index (χ0n) is 13.2. The van der Waals surface area contributed by atoms with Crippen molar-refractivity contribution >= 4 is 17.0 Å². The number of ketones is 1. The smallest absolute Gasteiger partial charge is 0.151 e. The van der Waals surface area contributed by atoms with Crippen molar-refractivity contribution in [1.82, 2.24) is 0 Å². The van der Waals surface area contributed by atoms with E-state index >= 15 is 0 Å². The zero-order chi connectivity index (χ0) is 16.5. The maximum absolute atomic E-state index is 12.7. The molecule has 0 amide bonds. The highest BCUT2D eigenvalue weighted by Crippen LogP contribution is 2.27. The molecular formula is C19H23NO2S. The summed E-state index contributed by atoms with van der Waals surface area (Å²) in [4.78, 5) is 11.7. The van der Waals surface area contributed by atoms with E-state index in [2.05, 4.69) is 12.1 Å². The molecule has 0 aliphatic carbocycles. The third-order valence-electron chi connectivity index (χ3n) is 3.78. The number of Topliss-reactive ketones (excluding diaryl/α,β-unsaturated/α-hetero) is 1. The van der Waals surface area contributed by atoms with Crippen LogP contribution in [0.25, 0.3) is 0 Å². The second-order valence-electron chi connectivity index (χ2n) is 5.52. The van der Waals surface area contributed by atoms with Crippen LogP contribution in [-0.4, -0.2) is 22.6 Å². The SMILES string of the molecule is NCC(=O)CC(c1ccccc1)[S+]([O-])CCCc1ccccc1. The molecule has 0 heterocycles. The average Bonchev–Trinajstić information content (AvgIpc) is 2.61. The van der Waals surface area contributed by atoms with E-state index in [0.29, 0.717) is 5.75 Å². The molecule has 2 N–H and O–H groups in total. The molecule has 0 aliphatic rings. The molecule has 23 heavy (non-hydrogen) atoms. The van der Waals surface area contributed by atoms with Crippen molar-refractivity contribution in [2.45, 2.75) is 24.5 Å². The van der Waals surface area contributed by atoms with Gasteiger partial charge in [-0.15, -0.1) is 0 Å². The monoisotopic (exact) mass is 329 g/mol. The van der Waals surface area contributed by atoms with E-state index in [4.69, 9.17) is 5.73 Å². The number of nitrogens with two attached hydrogens (primary N) is 1. The van der Waals surface area contributed by atoms with Gasteiger partial charge in [-0.1, -0.05) is 60.7 Å². The van der Waals surface area contributed by atoms with Gasteiger partial charge in [0, 0.05) is 5.56 Å². The number of hydrogen-bond donors (Lipinski definition) is 1. The second kappa shape index (κ2) is 9.50. The first-order valence-corrected chi connectivity index (χ1v) is 9.26. The molecule has 122 valence electrons. The molecule has 2 atom stereocenters. The summed E-state index contributed by atoms with van der Waals surface area (Å²) in [7, 11) is 0. The molecule has 0 bridgehead atoms. The largest absolute Gasteiger partial charge is 0.616 e. The topological polar surface area (TPSA) is 66.2 Å². The number of carbonyl (C=O) groups is 1. The van der Waals surface area contributed by atoms with Crippen LogP contribution in [0.4, 0.5) is 0 Å². The highest BCUT2D eigenvalue weighted by Gasteiger charge is 2.26. The Morgan fingerprint density at radius 2 is 1.65 bits per heavy atom. The Balaban J connectivity index is 1.96. The molecule has 0 aromatic heterocycles. The third-order valence-corrected chi connectivity index (χ3v) is 5.55. The molecule has 4 heteroatoms. The first kappa shape index (κ1) is 17.7. The lowest BCUT2D eigenvalue weighted by molar-refractivity contribution is -0.117. The Hall–Kier alpha value is -1.62. The predicted octanol–water partition coefficient (Wildman–Crippen LogP) is 3.03. The van der Waals surface area contributed by atoms with Gasteiger partial charge in [-0.3, -0.25) is 4.79 Å². The van der Waals surface area contributed by atoms with E-state index in [1.807, 2.05) is 48.5 Å². The summed E-state index contributed by atoms with van der Waals surface area (Å²) in [5.41, 5.74) is 7.63. The van der Waals surface area contributed by atoms with E-state index in [9.17, 15) is 9.35 Å². The number of aryl methyl sites for hydroxylation is 1. The van der Waals surface area contributed by atoms with Gasteiger partial charge < -0.3 is 10.3 Å². The Labute approximate surface area is 141 Å². The maximum atomic E-state index is 12.7. The molecule has 2 rings (SSSR count). The number of carbonyl (C=O) groups excluding carboxylic acids is 1. The van der Waals surface area contributed by atoms with Gasteiger partial charge in [-0.25, -0.2) is 0 Å². The van der Waals surface area contributed by atoms with Gasteiger partial charge in [0.15, 0.2) is 5.78 Å². The van der Waals surface area contributed by atoms with E-state index in [0.717, 1.165) is 18.4 Å². The van der Waals surface area contributed by atoms with Crippen molar-refractivity contribution in [3.05, 3.63) is 71.8 Å². The van der Waals surface area contributed by atoms with Crippen molar-refractivity contribution in [3.63, 3.8) is 0 Å².